The van der Waals surface area contributed by atoms with Gasteiger partial charge in [0.25, 0.3) is 11.6 Å². The highest BCUT2D eigenvalue weighted by molar-refractivity contribution is 9.11. The second kappa shape index (κ2) is 9.80. The predicted octanol–water partition coefficient (Wildman–Crippen LogP) is 4.33. The number of non-ortho nitro benzene ring substituents is 1. The lowest BCUT2D eigenvalue weighted by atomic mass is 10.2. The van der Waals surface area contributed by atoms with Crippen molar-refractivity contribution in [3.05, 3.63) is 55.0 Å². The third-order valence-electron chi connectivity index (χ3n) is 3.44. The van der Waals surface area contributed by atoms with Crippen LogP contribution in [0, 0.1) is 17.0 Å². The number of hydrogen-bond donors (Lipinski definition) is 2. The lowest BCUT2D eigenvalue weighted by Gasteiger charge is -2.14. The summed E-state index contributed by atoms with van der Waals surface area (Å²) in [7, 11) is 1.42. The minimum Gasteiger partial charge on any atom is -0.495 e. The molecule has 8 nitrogen and oxygen atoms in total. The maximum atomic E-state index is 12.1. The van der Waals surface area contributed by atoms with Crippen molar-refractivity contribution in [1.82, 2.24) is 5.32 Å². The molecule has 0 radical (unpaired) electrons. The van der Waals surface area contributed by atoms with Crippen LogP contribution in [0.15, 0.2) is 39.3 Å². The lowest BCUT2D eigenvalue weighted by Crippen LogP contribution is -2.37. The quantitative estimate of drug-likeness (QED) is 0.324. The number of amides is 1. The van der Waals surface area contributed by atoms with Gasteiger partial charge < -0.3 is 14.8 Å². The van der Waals surface area contributed by atoms with Crippen molar-refractivity contribution in [3.8, 4) is 11.5 Å². The van der Waals surface area contributed by atoms with Gasteiger partial charge in [0.05, 0.1) is 22.2 Å². The Hall–Kier alpha value is -2.24. The Morgan fingerprint density at radius 2 is 2.00 bits per heavy atom. The highest BCUT2D eigenvalue weighted by Gasteiger charge is 2.14. The standard InChI is InChI=1S/C17H15Br2N3O5S/c1-9-5-10(18)6-12(19)16(9)27-8-15(23)21-17(28)20-13-7-11(22(24)25)3-4-14(13)26-2/h3-7H,8H2,1-2H3,(H2,20,21,23,28). The molecule has 0 spiro atoms. The van der Waals surface area contributed by atoms with Gasteiger partial charge in [0.1, 0.15) is 11.5 Å². The molecule has 2 rings (SSSR count). The maximum Gasteiger partial charge on any atom is 0.271 e. The molecule has 2 aromatic carbocycles. The van der Waals surface area contributed by atoms with Crippen molar-refractivity contribution in [1.29, 1.82) is 0 Å². The molecule has 28 heavy (non-hydrogen) atoms. The maximum absolute atomic E-state index is 12.1. The third-order valence-corrected chi connectivity index (χ3v) is 4.69. The van der Waals surface area contributed by atoms with E-state index in [0.717, 1.165) is 10.0 Å². The van der Waals surface area contributed by atoms with Crippen molar-refractivity contribution in [2.24, 2.45) is 0 Å². The van der Waals surface area contributed by atoms with Crippen molar-refractivity contribution >= 4 is 66.5 Å². The Morgan fingerprint density at radius 3 is 2.61 bits per heavy atom. The number of nitrogens with one attached hydrogen (secondary N) is 2. The van der Waals surface area contributed by atoms with Gasteiger partial charge in [-0.25, -0.2) is 0 Å². The second-order valence-corrected chi connectivity index (χ2v) is 7.64. The SMILES string of the molecule is COc1ccc([N+](=O)[O-])cc1NC(=S)NC(=O)COc1c(C)cc(Br)cc1Br. The third kappa shape index (κ3) is 5.88. The number of halogens is 2. The van der Waals surface area contributed by atoms with Crippen molar-refractivity contribution in [2.45, 2.75) is 6.92 Å². The van der Waals surface area contributed by atoms with Crippen LogP contribution in [0.2, 0.25) is 0 Å². The van der Waals surface area contributed by atoms with Gasteiger partial charge in [-0.05, 0) is 58.8 Å². The molecule has 0 heterocycles. The smallest absolute Gasteiger partial charge is 0.271 e. The summed E-state index contributed by atoms with van der Waals surface area (Å²) in [5.41, 5.74) is 0.960. The molecule has 0 aliphatic carbocycles. The Morgan fingerprint density at radius 1 is 1.29 bits per heavy atom. The average molecular weight is 533 g/mol. The fourth-order valence-electron chi connectivity index (χ4n) is 2.23. The van der Waals surface area contributed by atoms with Gasteiger partial charge in [0.15, 0.2) is 11.7 Å². The minimum atomic E-state index is -0.543. The number of methoxy groups -OCH3 is 1. The Labute approximate surface area is 183 Å². The molecule has 2 aromatic rings. The number of carbonyl (C=O) groups is 1. The summed E-state index contributed by atoms with van der Waals surface area (Å²) < 4.78 is 12.3. The van der Waals surface area contributed by atoms with Gasteiger partial charge in [0.2, 0.25) is 0 Å². The van der Waals surface area contributed by atoms with Crippen LogP contribution >= 0.6 is 44.1 Å². The number of nitrogens with zero attached hydrogens (tertiary/aromatic N) is 1. The molecule has 0 aliphatic heterocycles. The largest absolute Gasteiger partial charge is 0.495 e. The topological polar surface area (TPSA) is 103 Å². The first-order chi connectivity index (χ1) is 13.2. The Bertz CT molecular complexity index is 916. The highest BCUT2D eigenvalue weighted by atomic mass is 79.9. The number of anilines is 1. The van der Waals surface area contributed by atoms with E-state index < -0.39 is 10.8 Å². The molecule has 0 atom stereocenters. The second-order valence-electron chi connectivity index (χ2n) is 5.47. The summed E-state index contributed by atoms with van der Waals surface area (Å²) in [6.45, 7) is 1.58. The van der Waals surface area contributed by atoms with Crippen molar-refractivity contribution in [3.63, 3.8) is 0 Å². The number of thiocarbonyl (C=S) groups is 1. The van der Waals surface area contributed by atoms with Gasteiger partial charge in [-0.2, -0.15) is 0 Å². The monoisotopic (exact) mass is 531 g/mol. The summed E-state index contributed by atoms with van der Waals surface area (Å²) in [5, 5.41) is 16.1. The van der Waals surface area contributed by atoms with Crippen LogP contribution in [0.5, 0.6) is 11.5 Å². The summed E-state index contributed by atoms with van der Waals surface area (Å²) in [4.78, 5) is 22.5. The minimum absolute atomic E-state index is 0.0426. The fraction of sp³-hybridized carbons (Fsp3) is 0.176. The van der Waals surface area contributed by atoms with E-state index in [9.17, 15) is 14.9 Å². The molecule has 0 bridgehead atoms. The molecule has 2 N–H and O–H groups in total. The van der Waals surface area contributed by atoms with Crippen LogP contribution in [-0.2, 0) is 4.79 Å². The molecule has 11 heteroatoms. The first-order valence-corrected chi connectivity index (χ1v) is 9.72. The number of aryl methyl sites for hydroxylation is 1. The van der Waals surface area contributed by atoms with E-state index in [0.29, 0.717) is 16.0 Å². The van der Waals surface area contributed by atoms with Crippen LogP contribution in [0.3, 0.4) is 0 Å². The molecule has 0 aliphatic rings. The molecular formula is C17H15Br2N3O5S. The summed E-state index contributed by atoms with van der Waals surface area (Å²) in [6.07, 6.45) is 0. The Kier molecular flexibility index (Phi) is 7.72. The number of benzene rings is 2. The molecule has 0 unspecified atom stereocenters. The van der Waals surface area contributed by atoms with Crippen LogP contribution < -0.4 is 20.1 Å². The van der Waals surface area contributed by atoms with Gasteiger partial charge in [0, 0.05) is 16.6 Å². The number of nitro benzene ring substituents is 1. The average Bonchev–Trinajstić information content (AvgIpc) is 2.60. The van der Waals surface area contributed by atoms with E-state index in [1.807, 2.05) is 13.0 Å². The van der Waals surface area contributed by atoms with Gasteiger partial charge >= 0.3 is 0 Å². The molecular weight excluding hydrogens is 518 g/mol. The zero-order valence-electron chi connectivity index (χ0n) is 14.7. The summed E-state index contributed by atoms with van der Waals surface area (Å²) in [5.74, 6) is 0.390. The van der Waals surface area contributed by atoms with E-state index in [-0.39, 0.29) is 23.1 Å². The van der Waals surface area contributed by atoms with E-state index in [2.05, 4.69) is 42.5 Å². The summed E-state index contributed by atoms with van der Waals surface area (Å²) >= 11 is 11.8. The fourth-order valence-corrected chi connectivity index (χ4v) is 4.01. The van der Waals surface area contributed by atoms with Crippen molar-refractivity contribution < 1.29 is 19.2 Å². The predicted molar refractivity (Wildman–Crippen MR) is 116 cm³/mol. The van der Waals surface area contributed by atoms with Crippen LogP contribution in [0.4, 0.5) is 11.4 Å². The number of nitro groups is 1. The van der Waals surface area contributed by atoms with Gasteiger partial charge in [-0.15, -0.1) is 0 Å². The molecule has 0 fully saturated rings. The molecule has 148 valence electrons. The zero-order chi connectivity index (χ0) is 20.8. The van der Waals surface area contributed by atoms with Gasteiger partial charge in [-0.1, -0.05) is 15.9 Å². The summed E-state index contributed by atoms with van der Waals surface area (Å²) in [6, 6.07) is 7.66. The van der Waals surface area contributed by atoms with E-state index in [1.54, 1.807) is 6.07 Å². The number of carbonyl (C=O) groups excluding carboxylic acids is 1. The lowest BCUT2D eigenvalue weighted by molar-refractivity contribution is -0.384. The highest BCUT2D eigenvalue weighted by Crippen LogP contribution is 2.32. The zero-order valence-corrected chi connectivity index (χ0v) is 18.7. The normalized spacial score (nSPS) is 10.1. The van der Waals surface area contributed by atoms with Crippen LogP contribution in [-0.4, -0.2) is 29.7 Å². The molecule has 0 saturated heterocycles. The van der Waals surface area contributed by atoms with E-state index in [4.69, 9.17) is 21.7 Å². The molecule has 1 amide bonds. The van der Waals surface area contributed by atoms with E-state index >= 15 is 0 Å². The first kappa shape index (κ1) is 22.1. The Balaban J connectivity index is 1.99. The number of ether oxygens (including phenoxy) is 2. The molecule has 0 aromatic heterocycles. The first-order valence-electron chi connectivity index (χ1n) is 7.73. The van der Waals surface area contributed by atoms with Crippen LogP contribution in [0.1, 0.15) is 5.56 Å². The van der Waals surface area contributed by atoms with Gasteiger partial charge in [-0.3, -0.25) is 20.2 Å². The van der Waals surface area contributed by atoms with E-state index in [1.165, 1.54) is 25.3 Å². The molecule has 0 saturated carbocycles. The van der Waals surface area contributed by atoms with Crippen molar-refractivity contribution in [2.75, 3.05) is 19.0 Å². The number of hydrogen-bond acceptors (Lipinski definition) is 6. The van der Waals surface area contributed by atoms with Crippen LogP contribution in [0.25, 0.3) is 0 Å². The number of rotatable bonds is 6.